The molecule has 3 saturated heterocycles. The van der Waals surface area contributed by atoms with Gasteiger partial charge in [0.15, 0.2) is 47.4 Å². The number of aromatic amines is 1. The second-order valence-corrected chi connectivity index (χ2v) is 14.5. The zero-order valence-electron chi connectivity index (χ0n) is 22.4. The summed E-state index contributed by atoms with van der Waals surface area (Å²) in [5.41, 5.74) is 10.8. The highest BCUT2D eigenvalue weighted by Crippen LogP contribution is 2.54. The van der Waals surface area contributed by atoms with Gasteiger partial charge in [0.05, 0.1) is 25.9 Å². The number of aromatic nitrogens is 8. The summed E-state index contributed by atoms with van der Waals surface area (Å²) in [5, 5.41) is 0. The smallest absolute Gasteiger partial charge is 0.325 e. The summed E-state index contributed by atoms with van der Waals surface area (Å²) in [6, 6.07) is 0. The summed E-state index contributed by atoms with van der Waals surface area (Å²) in [7, 11) is 1.20. The van der Waals surface area contributed by atoms with Crippen molar-refractivity contribution in [2.45, 2.75) is 49.2 Å². The molecule has 3 aliphatic rings. The molecule has 0 amide bonds. The van der Waals surface area contributed by atoms with E-state index in [-0.39, 0.29) is 34.1 Å². The maximum absolute atomic E-state index is 16.0. The molecule has 5 unspecified atom stereocenters. The topological polar surface area (TPSA) is 252 Å². The number of hydrogen-bond donors (Lipinski definition) is 4. The highest BCUT2D eigenvalue weighted by atomic mass is 32.5. The second kappa shape index (κ2) is 11.1. The van der Waals surface area contributed by atoms with Crippen molar-refractivity contribution in [1.82, 2.24) is 39.0 Å². The lowest BCUT2D eigenvalue weighted by Gasteiger charge is -2.29. The van der Waals surface area contributed by atoms with Gasteiger partial charge in [-0.1, -0.05) is 0 Å². The van der Waals surface area contributed by atoms with E-state index in [1.807, 2.05) is 0 Å². The Morgan fingerprint density at radius 3 is 2.24 bits per heavy atom. The molecule has 4 aromatic rings. The molecule has 25 heteroatoms. The van der Waals surface area contributed by atoms with Gasteiger partial charge < -0.3 is 39.4 Å². The minimum Gasteiger partial charge on any atom is -0.382 e. The lowest BCUT2D eigenvalue weighted by Crippen LogP contribution is -2.37. The first-order valence-corrected chi connectivity index (χ1v) is 17.1. The molecule has 3 aliphatic heterocycles. The van der Waals surface area contributed by atoms with Gasteiger partial charge in [0, 0.05) is 0 Å². The lowest BCUT2D eigenvalue weighted by molar-refractivity contribution is -0.0566. The maximum Gasteiger partial charge on any atom is 0.325 e. The van der Waals surface area contributed by atoms with Crippen LogP contribution in [0, 0.1) is 0 Å². The number of nitrogens with zero attached hydrogens (tertiary/aromatic N) is 7. The number of nitrogens with two attached hydrogens (primary N) is 2. The Bertz CT molecular complexity index is 1950. The number of imidazole rings is 2. The monoisotopic (exact) mass is 688 g/mol. The molecule has 10 atom stereocenters. The molecule has 2 radical (unpaired) electrons. The van der Waals surface area contributed by atoms with Crippen LogP contribution >= 0.6 is 14.2 Å². The molecule has 0 bridgehead atoms. The minimum absolute atomic E-state index is 0.0349. The van der Waals surface area contributed by atoms with E-state index < -0.39 is 82.2 Å². The number of alkyl halides is 2. The first kappa shape index (κ1) is 30.7. The highest BCUT2D eigenvalue weighted by molar-refractivity contribution is 8.07. The Hall–Kier alpha value is -2.98. The van der Waals surface area contributed by atoms with Crippen LogP contribution in [0.5, 0.6) is 0 Å². The van der Waals surface area contributed by atoms with E-state index in [2.05, 4.69) is 29.9 Å². The number of hydrogen-bond acceptors (Lipinski definition) is 16. The van der Waals surface area contributed by atoms with Crippen LogP contribution in [0.1, 0.15) is 12.5 Å². The van der Waals surface area contributed by atoms with E-state index in [1.54, 1.807) is 0 Å². The average Bonchev–Trinajstić information content (AvgIpc) is 3.72. The Kier molecular flexibility index (Phi) is 7.55. The van der Waals surface area contributed by atoms with Gasteiger partial charge in [-0.15, -0.1) is 0 Å². The number of nitrogen functional groups attached to an aromatic ring is 2. The fourth-order valence-electron chi connectivity index (χ4n) is 5.27. The Morgan fingerprint density at radius 2 is 1.56 bits per heavy atom. The molecule has 0 spiro atoms. The van der Waals surface area contributed by atoms with Crippen LogP contribution in [-0.4, -0.2) is 101 Å². The fraction of sp³-hybridized carbons (Fsp3) is 0.500. The van der Waals surface area contributed by atoms with Crippen LogP contribution in [0.15, 0.2) is 23.8 Å². The van der Waals surface area contributed by atoms with Gasteiger partial charge in [0.25, 0.3) is 13.0 Å². The fourth-order valence-corrected chi connectivity index (χ4v) is 7.71. The van der Waals surface area contributed by atoms with Crippen molar-refractivity contribution < 1.29 is 45.8 Å². The van der Waals surface area contributed by atoms with Crippen LogP contribution in [0.25, 0.3) is 22.3 Å². The maximum atomic E-state index is 16.0. The highest BCUT2D eigenvalue weighted by Gasteiger charge is 2.53. The predicted molar refractivity (Wildman–Crippen MR) is 151 cm³/mol. The van der Waals surface area contributed by atoms with Gasteiger partial charge in [0.1, 0.15) is 36.3 Å². The third-order valence-corrected chi connectivity index (χ3v) is 9.87. The predicted octanol–water partition coefficient (Wildman–Crippen LogP) is -0.0945. The molecule has 238 valence electrons. The molecule has 0 saturated carbocycles. The van der Waals surface area contributed by atoms with Crippen molar-refractivity contribution in [3.05, 3.63) is 29.3 Å². The number of halogens is 2. The van der Waals surface area contributed by atoms with Crippen molar-refractivity contribution in [1.29, 1.82) is 0 Å². The van der Waals surface area contributed by atoms with Crippen LogP contribution in [0.2, 0.25) is 0 Å². The third-order valence-electron chi connectivity index (χ3n) is 7.26. The SMILES string of the molecule is [B][P@@]1(=O)OC[C@H]2O[C@@H](n3cnc4c(=O)[nH]c(N)nc43)C(F)C2OP(O)(=S)OC[C@H]2O[C@@H](n3cnc4c(N)ncnc43)C(F)C2O1. The normalized spacial score (nSPS) is 37.7. The Labute approximate surface area is 255 Å². The van der Waals surface area contributed by atoms with Crippen LogP contribution in [0.3, 0.4) is 0 Å². The molecule has 3 fully saturated rings. The molecule has 6 N–H and O–H groups in total. The summed E-state index contributed by atoms with van der Waals surface area (Å²) in [5.74, 6) is -0.235. The van der Waals surface area contributed by atoms with Crippen LogP contribution in [0.4, 0.5) is 20.5 Å². The standard InChI is InChI=1S/C20H21BF2N10O9P2S/c21-43(35)37-1-6-13(9(23)19(39-6)33-5-29-11-16(33)30-20(25)31-17(11)34)42-44(36,45)38-2-7-12(41-43)8(22)18(40-7)32-4-28-10-14(24)26-3-27-15(10)32/h3-9,12-13,18-19H,1-2H2,(H,36,45)(H2,24,26,27)(H3,25,30,31,34)/t6-,7-,8?,9?,12?,13?,18-,19-,43-,44?/m1/s1. The van der Waals surface area contributed by atoms with Crippen molar-refractivity contribution >= 4 is 67.7 Å². The van der Waals surface area contributed by atoms with Crippen LogP contribution < -0.4 is 17.0 Å². The molecule has 0 aromatic carbocycles. The zero-order valence-corrected chi connectivity index (χ0v) is 25.0. The van der Waals surface area contributed by atoms with E-state index in [4.69, 9.17) is 58.4 Å². The molecule has 45 heavy (non-hydrogen) atoms. The first-order valence-electron chi connectivity index (χ1n) is 12.9. The van der Waals surface area contributed by atoms with Gasteiger partial charge in [-0.3, -0.25) is 28.0 Å². The molecule has 19 nitrogen and oxygen atoms in total. The molecule has 7 heterocycles. The number of H-pyrrole nitrogens is 1. The third kappa shape index (κ3) is 5.45. The molecular formula is C20H21BF2N10O9P2S. The largest absolute Gasteiger partial charge is 0.382 e. The van der Waals surface area contributed by atoms with Crippen molar-refractivity contribution in [3.8, 4) is 0 Å². The van der Waals surface area contributed by atoms with Gasteiger partial charge >= 0.3 is 6.72 Å². The average molecular weight is 688 g/mol. The van der Waals surface area contributed by atoms with Crippen molar-refractivity contribution in [3.63, 3.8) is 0 Å². The quantitative estimate of drug-likeness (QED) is 0.159. The summed E-state index contributed by atoms with van der Waals surface area (Å²) < 4.78 is 80.7. The molecule has 4 aromatic heterocycles. The van der Waals surface area contributed by atoms with Gasteiger partial charge in [-0.25, -0.2) is 28.7 Å². The number of fused-ring (bicyclic) bond motifs is 4. The molecule has 0 aliphatic carbocycles. The van der Waals surface area contributed by atoms with Crippen molar-refractivity contribution in [2.24, 2.45) is 0 Å². The summed E-state index contributed by atoms with van der Waals surface area (Å²) in [6.45, 7) is -5.72. The van der Waals surface area contributed by atoms with E-state index in [9.17, 15) is 14.3 Å². The Balaban J connectivity index is 1.17. The van der Waals surface area contributed by atoms with E-state index in [0.29, 0.717) is 0 Å². The van der Waals surface area contributed by atoms with E-state index in [0.717, 1.165) is 17.2 Å². The first-order chi connectivity index (χ1) is 21.3. The van der Waals surface area contributed by atoms with Crippen LogP contribution in [-0.2, 0) is 43.9 Å². The van der Waals surface area contributed by atoms with Crippen molar-refractivity contribution in [2.75, 3.05) is 24.7 Å². The summed E-state index contributed by atoms with van der Waals surface area (Å²) >= 11 is 5.12. The summed E-state index contributed by atoms with van der Waals surface area (Å²) in [6.07, 6.45) is -9.99. The zero-order chi connectivity index (χ0) is 31.8. The minimum atomic E-state index is -4.62. The number of rotatable bonds is 2. The number of nitrogens with one attached hydrogen (secondary N) is 1. The van der Waals surface area contributed by atoms with Gasteiger partial charge in [-0.2, -0.15) is 4.98 Å². The van der Waals surface area contributed by atoms with E-state index >= 15 is 8.78 Å². The molecular weight excluding hydrogens is 667 g/mol. The number of anilines is 2. The van der Waals surface area contributed by atoms with Gasteiger partial charge in [0.2, 0.25) is 13.5 Å². The van der Waals surface area contributed by atoms with E-state index in [1.165, 1.54) is 10.9 Å². The lowest BCUT2D eigenvalue weighted by atomic mass is 10.1. The Morgan fingerprint density at radius 1 is 0.956 bits per heavy atom. The number of ether oxygens (including phenoxy) is 2. The molecule has 7 rings (SSSR count). The van der Waals surface area contributed by atoms with Gasteiger partial charge in [-0.05, 0) is 11.8 Å². The second-order valence-electron chi connectivity index (χ2n) is 10.1. The summed E-state index contributed by atoms with van der Waals surface area (Å²) in [4.78, 5) is 45.3.